The van der Waals surface area contributed by atoms with E-state index in [2.05, 4.69) is 42.2 Å². The van der Waals surface area contributed by atoms with E-state index in [9.17, 15) is 28.8 Å². The molecule has 60 heavy (non-hydrogen) atoms. The van der Waals surface area contributed by atoms with Crippen LogP contribution in [0.1, 0.15) is 48.9 Å². The van der Waals surface area contributed by atoms with E-state index in [4.69, 9.17) is 9.47 Å². The van der Waals surface area contributed by atoms with Crippen LogP contribution in [-0.4, -0.2) is 90.0 Å². The Hall–Kier alpha value is -6.68. The summed E-state index contributed by atoms with van der Waals surface area (Å²) in [5.41, 5.74) is 4.65. The molecule has 0 aliphatic carbocycles. The van der Waals surface area contributed by atoms with E-state index in [0.29, 0.717) is 61.3 Å². The summed E-state index contributed by atoms with van der Waals surface area (Å²) in [4.78, 5) is 85.6. The predicted octanol–water partition coefficient (Wildman–Crippen LogP) is 6.65. The summed E-state index contributed by atoms with van der Waals surface area (Å²) in [6, 6.07) is 26.9. The number of nitrogens with one attached hydrogen (secondary N) is 5. The highest BCUT2D eigenvalue weighted by atomic mass is 79.9. The molecule has 0 saturated carbocycles. The maximum atomic E-state index is 13.8. The minimum atomic E-state index is -1.02. The molecule has 4 aromatic carbocycles. The SMILES string of the molecule is COC(=O)N[C@@H](C(=O)N1CCC[C@H]1C(=O)Nc1ccc(-c2[nH]c3ccc(NC(=O)[C@@H]4CCCN4C(=O)[C@H](NC(=O)OC)c4ccccc4)cc3c2Br)cc1)c1ccccc1. The summed E-state index contributed by atoms with van der Waals surface area (Å²) >= 11 is 3.74. The summed E-state index contributed by atoms with van der Waals surface area (Å²) < 4.78 is 10.3. The van der Waals surface area contributed by atoms with Crippen LogP contribution in [0.25, 0.3) is 22.2 Å². The van der Waals surface area contributed by atoms with Gasteiger partial charge in [0, 0.05) is 35.4 Å². The fraction of sp³-hybridized carbons (Fsp3) is 0.273. The van der Waals surface area contributed by atoms with E-state index in [1.165, 1.54) is 24.0 Å². The van der Waals surface area contributed by atoms with Gasteiger partial charge in [0.1, 0.15) is 24.2 Å². The molecule has 1 aromatic heterocycles. The maximum Gasteiger partial charge on any atom is 0.407 e. The van der Waals surface area contributed by atoms with E-state index in [1.807, 2.05) is 36.4 Å². The Morgan fingerprint density at radius 2 is 1.12 bits per heavy atom. The number of amides is 6. The molecule has 4 atom stereocenters. The Kier molecular flexibility index (Phi) is 12.8. The summed E-state index contributed by atoms with van der Waals surface area (Å²) in [6.45, 7) is 0.729. The molecule has 2 fully saturated rings. The molecule has 2 saturated heterocycles. The number of aromatic amines is 1. The highest BCUT2D eigenvalue weighted by Crippen LogP contribution is 2.37. The molecule has 5 aromatic rings. The molecule has 0 unspecified atom stereocenters. The fourth-order valence-corrected chi connectivity index (χ4v) is 8.42. The minimum absolute atomic E-state index is 0.334. The first-order valence-corrected chi connectivity index (χ1v) is 20.3. The highest BCUT2D eigenvalue weighted by Gasteiger charge is 2.40. The van der Waals surface area contributed by atoms with Gasteiger partial charge in [0.2, 0.25) is 11.8 Å². The van der Waals surface area contributed by atoms with Crippen LogP contribution in [0.2, 0.25) is 0 Å². The van der Waals surface area contributed by atoms with Crippen LogP contribution in [0, 0.1) is 0 Å². The second kappa shape index (κ2) is 18.5. The molecule has 7 rings (SSSR count). The fourth-order valence-electron chi connectivity index (χ4n) is 7.76. The van der Waals surface area contributed by atoms with Gasteiger partial charge in [-0.1, -0.05) is 72.8 Å². The van der Waals surface area contributed by atoms with Gasteiger partial charge in [-0.05, 0) is 88.6 Å². The largest absolute Gasteiger partial charge is 0.453 e. The topological polar surface area (TPSA) is 191 Å². The van der Waals surface area contributed by atoms with Gasteiger partial charge in [0.25, 0.3) is 11.8 Å². The number of benzene rings is 4. The summed E-state index contributed by atoms with van der Waals surface area (Å²) in [7, 11) is 2.45. The number of rotatable bonds is 11. The van der Waals surface area contributed by atoms with Crippen molar-refractivity contribution < 1.29 is 38.2 Å². The predicted molar refractivity (Wildman–Crippen MR) is 228 cm³/mol. The molecule has 5 N–H and O–H groups in total. The lowest BCUT2D eigenvalue weighted by atomic mass is 10.0. The number of carbonyl (C=O) groups is 6. The zero-order valence-corrected chi connectivity index (χ0v) is 34.5. The number of nitrogens with zero attached hydrogens (tertiary/aromatic N) is 2. The van der Waals surface area contributed by atoms with Crippen LogP contribution in [0.5, 0.6) is 0 Å². The Morgan fingerprint density at radius 3 is 1.60 bits per heavy atom. The molecule has 0 radical (unpaired) electrons. The molecule has 6 amide bonds. The van der Waals surface area contributed by atoms with E-state index in [-0.39, 0.29) is 11.8 Å². The van der Waals surface area contributed by atoms with Gasteiger partial charge in [0.15, 0.2) is 0 Å². The van der Waals surface area contributed by atoms with Gasteiger partial charge >= 0.3 is 12.2 Å². The van der Waals surface area contributed by atoms with E-state index in [0.717, 1.165) is 26.6 Å². The van der Waals surface area contributed by atoms with Crippen LogP contribution in [0.4, 0.5) is 21.0 Å². The van der Waals surface area contributed by atoms with Crippen molar-refractivity contribution >= 4 is 74.0 Å². The summed E-state index contributed by atoms with van der Waals surface area (Å²) in [5.74, 6) is -1.48. The molecule has 16 heteroatoms. The number of hydrogen-bond donors (Lipinski definition) is 5. The standard InChI is InChI=1S/C44H44BrN7O8/c1-59-43(57)49-37(26-11-5-3-6-12-26)41(55)51-23-9-15-33(51)39(53)46-29-19-17-28(18-20-29)36-35(45)31-25-30(21-22-32(31)48-36)47-40(54)34-16-10-24-52(34)42(56)38(50-44(58)60-2)27-13-7-4-8-14-27/h3-8,11-14,17-22,25,33-34,37-38,48H,9-10,15-16,23-24H2,1-2H3,(H,46,53)(H,47,54)(H,49,57)(H,50,58)/t33-,34-,37+,38+/m0/s1. The van der Waals surface area contributed by atoms with Gasteiger partial charge < -0.3 is 45.5 Å². The Morgan fingerprint density at radius 1 is 0.650 bits per heavy atom. The number of likely N-dealkylation sites (tertiary alicyclic amines) is 2. The number of halogens is 1. The first-order valence-electron chi connectivity index (χ1n) is 19.5. The van der Waals surface area contributed by atoms with Crippen molar-refractivity contribution in [3.8, 4) is 11.3 Å². The molecular weight excluding hydrogens is 834 g/mol. The lowest BCUT2D eigenvalue weighted by molar-refractivity contribution is -0.138. The molecule has 310 valence electrons. The average molecular weight is 879 g/mol. The monoisotopic (exact) mass is 877 g/mol. The third-order valence-electron chi connectivity index (χ3n) is 10.8. The lowest BCUT2D eigenvalue weighted by Gasteiger charge is -2.28. The first kappa shape index (κ1) is 41.5. The average Bonchev–Trinajstić information content (AvgIpc) is 4.05. The van der Waals surface area contributed by atoms with Crippen molar-refractivity contribution in [3.63, 3.8) is 0 Å². The number of hydrogen-bond acceptors (Lipinski definition) is 8. The van der Waals surface area contributed by atoms with Crippen LogP contribution >= 0.6 is 15.9 Å². The smallest absolute Gasteiger partial charge is 0.407 e. The normalized spacial score (nSPS) is 17.1. The maximum absolute atomic E-state index is 13.8. The number of ether oxygens (including phenoxy) is 2. The highest BCUT2D eigenvalue weighted by molar-refractivity contribution is 9.10. The van der Waals surface area contributed by atoms with E-state index in [1.54, 1.807) is 66.7 Å². The number of alkyl carbamates (subject to hydrolysis) is 2. The number of anilines is 2. The second-order valence-corrected chi connectivity index (χ2v) is 15.3. The molecule has 15 nitrogen and oxygen atoms in total. The van der Waals surface area contributed by atoms with Crippen LogP contribution in [-0.2, 0) is 28.7 Å². The zero-order valence-electron chi connectivity index (χ0n) is 32.9. The molecule has 2 aliphatic rings. The second-order valence-electron chi connectivity index (χ2n) is 14.5. The third kappa shape index (κ3) is 8.98. The minimum Gasteiger partial charge on any atom is -0.453 e. The number of carbonyl (C=O) groups excluding carboxylic acids is 6. The van der Waals surface area contributed by atoms with Crippen molar-refractivity contribution in [3.05, 3.63) is 119 Å². The van der Waals surface area contributed by atoms with Crippen molar-refractivity contribution in [2.75, 3.05) is 37.9 Å². The van der Waals surface area contributed by atoms with Crippen molar-refractivity contribution in [2.24, 2.45) is 0 Å². The van der Waals surface area contributed by atoms with Crippen LogP contribution in [0.3, 0.4) is 0 Å². The Balaban J connectivity index is 1.01. The van der Waals surface area contributed by atoms with Gasteiger partial charge in [0.05, 0.1) is 24.4 Å². The van der Waals surface area contributed by atoms with Crippen molar-refractivity contribution in [1.29, 1.82) is 0 Å². The Labute approximate surface area is 354 Å². The Bertz CT molecular complexity index is 2390. The van der Waals surface area contributed by atoms with Gasteiger partial charge in [-0.15, -0.1) is 0 Å². The first-order chi connectivity index (χ1) is 29.1. The van der Waals surface area contributed by atoms with Gasteiger partial charge in [-0.2, -0.15) is 0 Å². The van der Waals surface area contributed by atoms with E-state index < -0.39 is 48.2 Å². The molecular formula is C44H44BrN7O8. The molecule has 3 heterocycles. The molecule has 2 aliphatic heterocycles. The third-order valence-corrected chi connectivity index (χ3v) is 11.6. The van der Waals surface area contributed by atoms with Crippen molar-refractivity contribution in [2.45, 2.75) is 49.9 Å². The number of methoxy groups -OCH3 is 2. The van der Waals surface area contributed by atoms with Crippen LogP contribution in [0.15, 0.2) is 108 Å². The number of fused-ring (bicyclic) bond motifs is 1. The zero-order chi connectivity index (χ0) is 42.3. The van der Waals surface area contributed by atoms with E-state index >= 15 is 0 Å². The molecule has 0 spiro atoms. The van der Waals surface area contributed by atoms with Gasteiger partial charge in [-0.3, -0.25) is 19.2 Å². The number of H-pyrrole nitrogens is 1. The number of aromatic nitrogens is 1. The lowest BCUT2D eigenvalue weighted by Crippen LogP contribution is -2.48. The quantitative estimate of drug-likeness (QED) is 0.0974. The molecule has 0 bridgehead atoms. The van der Waals surface area contributed by atoms with Gasteiger partial charge in [-0.25, -0.2) is 9.59 Å². The van der Waals surface area contributed by atoms with Crippen molar-refractivity contribution in [1.82, 2.24) is 25.4 Å². The summed E-state index contributed by atoms with van der Waals surface area (Å²) in [5, 5.41) is 12.0. The summed E-state index contributed by atoms with van der Waals surface area (Å²) in [6.07, 6.45) is 0.692. The van der Waals surface area contributed by atoms with Crippen LogP contribution < -0.4 is 21.3 Å².